The number of imide groups is 1. The van der Waals surface area contributed by atoms with Crippen molar-refractivity contribution < 1.29 is 18.8 Å². The number of halogens is 1. The lowest BCUT2D eigenvalue weighted by molar-refractivity contribution is -0.131. The van der Waals surface area contributed by atoms with E-state index in [0.717, 1.165) is 16.2 Å². The summed E-state index contributed by atoms with van der Waals surface area (Å²) >= 11 is 0. The van der Waals surface area contributed by atoms with Crippen molar-refractivity contribution in [2.45, 2.75) is 12.1 Å². The summed E-state index contributed by atoms with van der Waals surface area (Å²) in [5.74, 6) is -1.33. The van der Waals surface area contributed by atoms with Crippen molar-refractivity contribution in [3.05, 3.63) is 89.4 Å². The minimum atomic E-state index is -1.44. The van der Waals surface area contributed by atoms with Crippen molar-refractivity contribution in [1.82, 2.24) is 20.1 Å². The summed E-state index contributed by atoms with van der Waals surface area (Å²) < 4.78 is 13.7. The number of nitrogens with one attached hydrogen (secondary N) is 1. The number of rotatable bonds is 4. The average molecular weight is 430 g/mol. The van der Waals surface area contributed by atoms with Crippen molar-refractivity contribution in [2.75, 3.05) is 13.6 Å². The first kappa shape index (κ1) is 19.9. The molecule has 1 fully saturated rings. The number of pyridine rings is 1. The normalized spacial score (nSPS) is 20.0. The second kappa shape index (κ2) is 7.26. The van der Waals surface area contributed by atoms with Crippen molar-refractivity contribution in [2.24, 2.45) is 0 Å². The first-order chi connectivity index (χ1) is 15.4. The van der Waals surface area contributed by atoms with E-state index in [4.69, 9.17) is 0 Å². The third kappa shape index (κ3) is 3.03. The standard InChI is InChI=1S/C24H19FN4O3/c1-28-22(31)24(27-23(28)32,14-29-13-16-7-10-18(25)12-19(16)21(29)30)17-8-5-15(6-9-17)20-4-2-3-11-26-20/h2-12H,13-14H2,1H3,(H,27,32)/t24-/m0/s1. The fourth-order valence-electron chi connectivity index (χ4n) is 4.30. The van der Waals surface area contributed by atoms with E-state index in [1.165, 1.54) is 24.1 Å². The van der Waals surface area contributed by atoms with Crippen LogP contribution in [-0.4, -0.2) is 46.2 Å². The zero-order valence-corrected chi connectivity index (χ0v) is 17.2. The zero-order valence-electron chi connectivity index (χ0n) is 17.2. The maximum atomic E-state index is 13.7. The Morgan fingerprint density at radius 2 is 1.84 bits per heavy atom. The van der Waals surface area contributed by atoms with E-state index in [1.807, 2.05) is 30.3 Å². The summed E-state index contributed by atoms with van der Waals surface area (Å²) in [5, 5.41) is 2.78. The van der Waals surface area contributed by atoms with Gasteiger partial charge in [-0.3, -0.25) is 19.5 Å². The minimum absolute atomic E-state index is 0.0695. The highest BCUT2D eigenvalue weighted by atomic mass is 19.1. The Morgan fingerprint density at radius 1 is 1.06 bits per heavy atom. The molecular weight excluding hydrogens is 411 g/mol. The number of nitrogens with zero attached hydrogens (tertiary/aromatic N) is 3. The highest BCUT2D eigenvalue weighted by molar-refractivity contribution is 6.08. The first-order valence-electron chi connectivity index (χ1n) is 10.1. The predicted molar refractivity (Wildman–Crippen MR) is 114 cm³/mol. The van der Waals surface area contributed by atoms with Gasteiger partial charge >= 0.3 is 6.03 Å². The SMILES string of the molecule is CN1C(=O)N[C@@](CN2Cc3ccc(F)cc3C2=O)(c2ccc(-c3ccccn3)cc2)C1=O. The molecule has 5 rings (SSSR count). The highest BCUT2D eigenvalue weighted by Crippen LogP contribution is 2.34. The van der Waals surface area contributed by atoms with E-state index in [0.29, 0.717) is 11.1 Å². The van der Waals surface area contributed by atoms with Gasteiger partial charge in [0.25, 0.3) is 11.8 Å². The molecule has 7 nitrogen and oxygen atoms in total. The Labute approximate surface area is 183 Å². The van der Waals surface area contributed by atoms with Crippen molar-refractivity contribution in [3.8, 4) is 11.3 Å². The van der Waals surface area contributed by atoms with Gasteiger partial charge in [-0.15, -0.1) is 0 Å². The van der Waals surface area contributed by atoms with Crippen LogP contribution in [0.15, 0.2) is 66.9 Å². The fraction of sp³-hybridized carbons (Fsp3) is 0.167. The maximum absolute atomic E-state index is 13.7. The lowest BCUT2D eigenvalue weighted by Gasteiger charge is -2.31. The summed E-state index contributed by atoms with van der Waals surface area (Å²) in [6.45, 7) is 0.162. The molecule has 8 heteroatoms. The van der Waals surface area contributed by atoms with Gasteiger partial charge in [0.2, 0.25) is 0 Å². The molecule has 0 unspecified atom stereocenters. The van der Waals surface area contributed by atoms with E-state index in [2.05, 4.69) is 10.3 Å². The van der Waals surface area contributed by atoms with Crippen LogP contribution < -0.4 is 5.32 Å². The lowest BCUT2D eigenvalue weighted by Crippen LogP contribution is -2.52. The summed E-state index contributed by atoms with van der Waals surface area (Å²) in [5.41, 5.74) is 1.70. The van der Waals surface area contributed by atoms with Crippen LogP contribution in [0.2, 0.25) is 0 Å². The molecule has 2 aliphatic rings. The van der Waals surface area contributed by atoms with Crippen LogP contribution >= 0.6 is 0 Å². The number of amides is 4. The number of hydrogen-bond acceptors (Lipinski definition) is 4. The van der Waals surface area contributed by atoms with Crippen LogP contribution in [0.4, 0.5) is 9.18 Å². The fourth-order valence-corrected chi connectivity index (χ4v) is 4.30. The maximum Gasteiger partial charge on any atom is 0.325 e. The molecule has 4 amide bonds. The molecule has 1 saturated heterocycles. The van der Waals surface area contributed by atoms with Crippen molar-refractivity contribution in [3.63, 3.8) is 0 Å². The monoisotopic (exact) mass is 430 g/mol. The summed E-state index contributed by atoms with van der Waals surface area (Å²) in [7, 11) is 1.40. The van der Waals surface area contributed by atoms with E-state index in [-0.39, 0.29) is 24.6 Å². The van der Waals surface area contributed by atoms with Crippen LogP contribution in [0.1, 0.15) is 21.5 Å². The molecule has 1 atom stereocenters. The Balaban J connectivity index is 1.52. The topological polar surface area (TPSA) is 82.6 Å². The van der Waals surface area contributed by atoms with Gasteiger partial charge in [0, 0.05) is 30.9 Å². The third-order valence-corrected chi connectivity index (χ3v) is 6.01. The number of carbonyl (C=O) groups excluding carboxylic acids is 3. The highest BCUT2D eigenvalue weighted by Gasteiger charge is 2.53. The zero-order chi connectivity index (χ0) is 22.5. The molecular formula is C24H19FN4O3. The number of likely N-dealkylation sites (N-methyl/N-ethyl adjacent to an activating group) is 1. The Morgan fingerprint density at radius 3 is 2.50 bits per heavy atom. The van der Waals surface area contributed by atoms with Crippen LogP contribution in [0, 0.1) is 5.82 Å². The molecule has 1 N–H and O–H groups in total. The van der Waals surface area contributed by atoms with Crippen LogP contribution in [0.3, 0.4) is 0 Å². The van der Waals surface area contributed by atoms with E-state index in [1.54, 1.807) is 24.4 Å². The second-order valence-electron chi connectivity index (χ2n) is 7.95. The molecule has 3 aromatic rings. The number of urea groups is 1. The summed E-state index contributed by atoms with van der Waals surface area (Å²) in [6, 6.07) is 16.3. The van der Waals surface area contributed by atoms with Gasteiger partial charge in [0.1, 0.15) is 5.82 Å². The smallest absolute Gasteiger partial charge is 0.325 e. The van der Waals surface area contributed by atoms with Gasteiger partial charge in [-0.1, -0.05) is 36.4 Å². The Bertz CT molecular complexity index is 1250. The van der Waals surface area contributed by atoms with Gasteiger partial charge in [0.15, 0.2) is 5.54 Å². The molecule has 2 aromatic carbocycles. The number of benzene rings is 2. The third-order valence-electron chi connectivity index (χ3n) is 6.01. The lowest BCUT2D eigenvalue weighted by atomic mass is 9.88. The van der Waals surface area contributed by atoms with Gasteiger partial charge in [-0.25, -0.2) is 9.18 Å². The summed E-state index contributed by atoms with van der Waals surface area (Å²) in [6.07, 6.45) is 1.69. The Kier molecular flexibility index (Phi) is 4.51. The van der Waals surface area contributed by atoms with Crippen LogP contribution in [-0.2, 0) is 16.9 Å². The second-order valence-corrected chi connectivity index (χ2v) is 7.95. The van der Waals surface area contributed by atoms with Crippen molar-refractivity contribution >= 4 is 17.8 Å². The Hall–Kier alpha value is -4.07. The first-order valence-corrected chi connectivity index (χ1v) is 10.1. The van der Waals surface area contributed by atoms with Gasteiger partial charge in [-0.2, -0.15) is 0 Å². The molecule has 32 heavy (non-hydrogen) atoms. The number of fused-ring (bicyclic) bond motifs is 1. The number of hydrogen-bond donors (Lipinski definition) is 1. The molecule has 0 aliphatic carbocycles. The van der Waals surface area contributed by atoms with E-state index < -0.39 is 23.3 Å². The van der Waals surface area contributed by atoms with E-state index in [9.17, 15) is 18.8 Å². The summed E-state index contributed by atoms with van der Waals surface area (Å²) in [4.78, 5) is 45.4. The molecule has 0 radical (unpaired) electrons. The molecule has 2 aliphatic heterocycles. The average Bonchev–Trinajstić information content (AvgIpc) is 3.23. The van der Waals surface area contributed by atoms with Crippen LogP contribution in [0.5, 0.6) is 0 Å². The molecule has 0 saturated carbocycles. The largest absolute Gasteiger partial charge is 0.331 e. The number of aromatic nitrogens is 1. The van der Waals surface area contributed by atoms with Crippen molar-refractivity contribution in [1.29, 1.82) is 0 Å². The minimum Gasteiger partial charge on any atom is -0.331 e. The number of carbonyl (C=O) groups is 3. The molecule has 1 aromatic heterocycles. The molecule has 3 heterocycles. The van der Waals surface area contributed by atoms with Crippen LogP contribution in [0.25, 0.3) is 11.3 Å². The molecule has 0 spiro atoms. The molecule has 160 valence electrons. The quantitative estimate of drug-likeness (QED) is 0.646. The van der Waals surface area contributed by atoms with Gasteiger partial charge < -0.3 is 10.2 Å². The van der Waals surface area contributed by atoms with Gasteiger partial charge in [0.05, 0.1) is 12.2 Å². The molecule has 0 bridgehead atoms. The predicted octanol–water partition coefficient (Wildman–Crippen LogP) is 2.92. The van der Waals surface area contributed by atoms with Gasteiger partial charge in [-0.05, 0) is 35.4 Å². The van der Waals surface area contributed by atoms with E-state index >= 15 is 0 Å².